The van der Waals surface area contributed by atoms with Crippen LogP contribution in [0.4, 0.5) is 0 Å². The Balaban J connectivity index is 1.79. The topological polar surface area (TPSA) is 51.2 Å². The lowest BCUT2D eigenvalue weighted by molar-refractivity contribution is -0.123. The molecule has 1 aliphatic heterocycles. The van der Waals surface area contributed by atoms with Crippen LogP contribution in [0.2, 0.25) is 5.02 Å². The van der Waals surface area contributed by atoms with Gasteiger partial charge in [-0.1, -0.05) is 29.8 Å². The van der Waals surface area contributed by atoms with Crippen LogP contribution < -0.4 is 5.32 Å². The number of hydrogen-bond acceptors (Lipinski definition) is 3. The third-order valence-electron chi connectivity index (χ3n) is 3.91. The van der Waals surface area contributed by atoms with Crippen molar-refractivity contribution in [2.75, 3.05) is 6.61 Å². The fraction of sp³-hybridized carbons (Fsp3) is 0.333. The normalized spacial score (nSPS) is 18.6. The molecule has 1 amide bonds. The van der Waals surface area contributed by atoms with E-state index in [2.05, 4.69) is 10.3 Å². The van der Waals surface area contributed by atoms with Gasteiger partial charge in [0.25, 0.3) is 0 Å². The zero-order valence-electron chi connectivity index (χ0n) is 12.7. The van der Waals surface area contributed by atoms with Gasteiger partial charge in [-0.3, -0.25) is 9.78 Å². The van der Waals surface area contributed by atoms with Crippen molar-refractivity contribution in [3.8, 4) is 0 Å². The van der Waals surface area contributed by atoms with Crippen molar-refractivity contribution in [1.29, 1.82) is 0 Å². The lowest BCUT2D eigenvalue weighted by Crippen LogP contribution is -2.32. The molecule has 0 bridgehead atoms. The number of aromatic nitrogens is 1. The SMILES string of the molecule is O=C(C[C@H]1CCCO1)N[C@H](c1cccc(Cl)c1)c1ccccn1. The predicted octanol–water partition coefficient (Wildman–Crippen LogP) is 3.51. The number of ether oxygens (including phenoxy) is 1. The quantitative estimate of drug-likeness (QED) is 0.912. The zero-order chi connectivity index (χ0) is 16.1. The molecule has 2 aromatic rings. The lowest BCUT2D eigenvalue weighted by Gasteiger charge is -2.20. The van der Waals surface area contributed by atoms with Crippen LogP contribution in [0.25, 0.3) is 0 Å². The summed E-state index contributed by atoms with van der Waals surface area (Å²) in [6.45, 7) is 0.746. The van der Waals surface area contributed by atoms with E-state index >= 15 is 0 Å². The number of nitrogens with one attached hydrogen (secondary N) is 1. The van der Waals surface area contributed by atoms with E-state index in [0.717, 1.165) is 30.7 Å². The highest BCUT2D eigenvalue weighted by molar-refractivity contribution is 6.30. The molecule has 0 spiro atoms. The number of halogens is 1. The highest BCUT2D eigenvalue weighted by Gasteiger charge is 2.23. The zero-order valence-corrected chi connectivity index (χ0v) is 13.5. The molecule has 2 atom stereocenters. The van der Waals surface area contributed by atoms with Crippen LogP contribution in [-0.4, -0.2) is 23.6 Å². The van der Waals surface area contributed by atoms with Gasteiger partial charge in [-0.15, -0.1) is 0 Å². The second-order valence-electron chi connectivity index (χ2n) is 5.65. The minimum absolute atomic E-state index is 0.0266. The standard InChI is InChI=1S/C18H19ClN2O2/c19-14-6-3-5-13(11-14)18(16-8-1-2-9-20-16)21-17(22)12-15-7-4-10-23-15/h1-3,5-6,8-9,11,15,18H,4,7,10,12H2,(H,21,22)/t15-,18-/m1/s1. The molecule has 3 rings (SSSR count). The Labute approximate surface area is 140 Å². The molecule has 120 valence electrons. The molecule has 1 aromatic carbocycles. The molecule has 0 unspecified atom stereocenters. The van der Waals surface area contributed by atoms with Gasteiger partial charge in [0.2, 0.25) is 5.91 Å². The molecule has 1 aliphatic rings. The third-order valence-corrected chi connectivity index (χ3v) is 4.14. The molecule has 1 fully saturated rings. The van der Waals surface area contributed by atoms with Crippen LogP contribution >= 0.6 is 11.6 Å². The molecule has 4 nitrogen and oxygen atoms in total. The average Bonchev–Trinajstić information content (AvgIpc) is 3.06. The maximum absolute atomic E-state index is 12.4. The van der Waals surface area contributed by atoms with Crippen molar-refractivity contribution in [2.45, 2.75) is 31.4 Å². The number of carbonyl (C=O) groups is 1. The monoisotopic (exact) mass is 330 g/mol. The van der Waals surface area contributed by atoms with Gasteiger partial charge < -0.3 is 10.1 Å². The summed E-state index contributed by atoms with van der Waals surface area (Å²) in [7, 11) is 0. The number of rotatable bonds is 5. The molecule has 1 aromatic heterocycles. The number of carbonyl (C=O) groups excluding carboxylic acids is 1. The number of amides is 1. The molecular formula is C18H19ClN2O2. The van der Waals surface area contributed by atoms with Crippen LogP contribution in [0.1, 0.15) is 36.6 Å². The minimum atomic E-state index is -0.316. The summed E-state index contributed by atoms with van der Waals surface area (Å²) in [4.78, 5) is 16.8. The first-order valence-electron chi connectivity index (χ1n) is 7.80. The van der Waals surface area contributed by atoms with Crippen LogP contribution in [0.5, 0.6) is 0 Å². The number of hydrogen-bond donors (Lipinski definition) is 1. The highest BCUT2D eigenvalue weighted by Crippen LogP contribution is 2.24. The molecule has 0 saturated carbocycles. The summed E-state index contributed by atoms with van der Waals surface area (Å²) in [5, 5.41) is 3.70. The van der Waals surface area contributed by atoms with Crippen molar-refractivity contribution >= 4 is 17.5 Å². The fourth-order valence-corrected chi connectivity index (χ4v) is 2.99. The Morgan fingerprint density at radius 1 is 1.35 bits per heavy atom. The van der Waals surface area contributed by atoms with E-state index in [0.29, 0.717) is 11.4 Å². The average molecular weight is 331 g/mol. The Bertz CT molecular complexity index is 657. The van der Waals surface area contributed by atoms with Crippen molar-refractivity contribution in [3.63, 3.8) is 0 Å². The molecule has 1 N–H and O–H groups in total. The Kier molecular flexibility index (Phi) is 5.26. The van der Waals surface area contributed by atoms with Crippen LogP contribution in [0.15, 0.2) is 48.7 Å². The number of pyridine rings is 1. The molecule has 23 heavy (non-hydrogen) atoms. The van der Waals surface area contributed by atoms with Gasteiger partial charge in [0.15, 0.2) is 0 Å². The first kappa shape index (κ1) is 16.0. The maximum Gasteiger partial charge on any atom is 0.223 e. The molecule has 5 heteroatoms. The number of benzene rings is 1. The lowest BCUT2D eigenvalue weighted by atomic mass is 10.0. The number of nitrogens with zero attached hydrogens (tertiary/aromatic N) is 1. The first-order chi connectivity index (χ1) is 11.2. The smallest absolute Gasteiger partial charge is 0.223 e. The predicted molar refractivity (Wildman–Crippen MR) is 89.3 cm³/mol. The molecule has 0 radical (unpaired) electrons. The first-order valence-corrected chi connectivity index (χ1v) is 8.17. The molecular weight excluding hydrogens is 312 g/mol. The van der Waals surface area contributed by atoms with Crippen molar-refractivity contribution in [1.82, 2.24) is 10.3 Å². The van der Waals surface area contributed by atoms with E-state index in [4.69, 9.17) is 16.3 Å². The van der Waals surface area contributed by atoms with Gasteiger partial charge in [-0.05, 0) is 42.7 Å². The van der Waals surface area contributed by atoms with Gasteiger partial charge in [-0.2, -0.15) is 0 Å². The second kappa shape index (κ2) is 7.57. The van der Waals surface area contributed by atoms with Gasteiger partial charge in [0.1, 0.15) is 0 Å². The van der Waals surface area contributed by atoms with E-state index in [9.17, 15) is 4.79 Å². The minimum Gasteiger partial charge on any atom is -0.378 e. The van der Waals surface area contributed by atoms with Crippen molar-refractivity contribution < 1.29 is 9.53 Å². The van der Waals surface area contributed by atoms with Gasteiger partial charge >= 0.3 is 0 Å². The fourth-order valence-electron chi connectivity index (χ4n) is 2.79. The Hall–Kier alpha value is -1.91. The molecule has 0 aliphatic carbocycles. The second-order valence-corrected chi connectivity index (χ2v) is 6.09. The van der Waals surface area contributed by atoms with Gasteiger partial charge in [0, 0.05) is 17.8 Å². The van der Waals surface area contributed by atoms with Crippen LogP contribution in [-0.2, 0) is 9.53 Å². The summed E-state index contributed by atoms with van der Waals surface area (Å²) in [5.74, 6) is -0.0347. The summed E-state index contributed by atoms with van der Waals surface area (Å²) in [6.07, 6.45) is 4.09. The van der Waals surface area contributed by atoms with Crippen LogP contribution in [0.3, 0.4) is 0 Å². The maximum atomic E-state index is 12.4. The van der Waals surface area contributed by atoms with Crippen molar-refractivity contribution in [2.24, 2.45) is 0 Å². The van der Waals surface area contributed by atoms with E-state index in [1.807, 2.05) is 42.5 Å². The summed E-state index contributed by atoms with van der Waals surface area (Å²) in [5.41, 5.74) is 1.70. The molecule has 2 heterocycles. The molecule has 1 saturated heterocycles. The van der Waals surface area contributed by atoms with Crippen molar-refractivity contribution in [3.05, 3.63) is 64.9 Å². The van der Waals surface area contributed by atoms with Gasteiger partial charge in [0.05, 0.1) is 24.3 Å². The third kappa shape index (κ3) is 4.30. The van der Waals surface area contributed by atoms with Crippen LogP contribution in [0, 0.1) is 0 Å². The summed E-state index contributed by atoms with van der Waals surface area (Å²) in [6, 6.07) is 12.8. The highest BCUT2D eigenvalue weighted by atomic mass is 35.5. The van der Waals surface area contributed by atoms with Gasteiger partial charge in [-0.25, -0.2) is 0 Å². The summed E-state index contributed by atoms with van der Waals surface area (Å²) < 4.78 is 5.54. The van der Waals surface area contributed by atoms with E-state index in [1.54, 1.807) is 6.20 Å². The summed E-state index contributed by atoms with van der Waals surface area (Å²) >= 11 is 6.10. The van der Waals surface area contributed by atoms with E-state index in [1.165, 1.54) is 0 Å². The van der Waals surface area contributed by atoms with E-state index in [-0.39, 0.29) is 18.1 Å². The Morgan fingerprint density at radius 2 is 2.26 bits per heavy atom. The largest absolute Gasteiger partial charge is 0.378 e. The Morgan fingerprint density at radius 3 is 2.96 bits per heavy atom. The van der Waals surface area contributed by atoms with E-state index < -0.39 is 0 Å².